The number of aryl methyl sites for hydroxylation is 1. The van der Waals surface area contributed by atoms with Crippen LogP contribution < -0.4 is 24.2 Å². The zero-order valence-electron chi connectivity index (χ0n) is 17.4. The van der Waals surface area contributed by atoms with Crippen molar-refractivity contribution in [1.29, 1.82) is 0 Å². The summed E-state index contributed by atoms with van der Waals surface area (Å²) in [6, 6.07) is 17.0. The van der Waals surface area contributed by atoms with Gasteiger partial charge in [-0.15, -0.1) is 15.9 Å². The van der Waals surface area contributed by atoms with E-state index >= 15 is 0 Å². The minimum Gasteiger partial charge on any atom is -0.337 e. The molecule has 4 heterocycles. The lowest BCUT2D eigenvalue weighted by Crippen LogP contribution is -2.44. The molecule has 4 aromatic rings. The van der Waals surface area contributed by atoms with Crippen LogP contribution in [0.3, 0.4) is 0 Å². The van der Waals surface area contributed by atoms with Crippen molar-refractivity contribution in [2.75, 3.05) is 11.9 Å². The smallest absolute Gasteiger partial charge is 0.271 e. The van der Waals surface area contributed by atoms with Crippen molar-refractivity contribution in [3.05, 3.63) is 73.1 Å². The summed E-state index contributed by atoms with van der Waals surface area (Å²) in [6.45, 7) is 2.76. The number of aromatic nitrogens is 2. The SMILES string of the molecule is CCn1c(=O)/c(=C2\Sc3ccccc3N2C)s/c1=C1\CCCc2sc3ccccc3[n+]21. The first-order chi connectivity index (χ1) is 15.2. The number of anilines is 1. The van der Waals surface area contributed by atoms with Crippen LogP contribution in [0.4, 0.5) is 5.69 Å². The van der Waals surface area contributed by atoms with Gasteiger partial charge < -0.3 is 4.90 Å². The lowest BCUT2D eigenvalue weighted by molar-refractivity contribution is -0.563. The van der Waals surface area contributed by atoms with E-state index in [1.165, 1.54) is 31.5 Å². The van der Waals surface area contributed by atoms with Gasteiger partial charge in [0.1, 0.15) is 14.3 Å². The zero-order chi connectivity index (χ0) is 21.1. The molecule has 7 heteroatoms. The van der Waals surface area contributed by atoms with Crippen LogP contribution in [-0.2, 0) is 13.0 Å². The van der Waals surface area contributed by atoms with Crippen LogP contribution in [0.25, 0.3) is 20.9 Å². The largest absolute Gasteiger partial charge is 0.337 e. The number of hydrogen-bond acceptors (Lipinski definition) is 5. The Morgan fingerprint density at radius 3 is 2.68 bits per heavy atom. The maximum atomic E-state index is 13.6. The molecule has 0 saturated carbocycles. The Bertz CT molecular complexity index is 1530. The summed E-state index contributed by atoms with van der Waals surface area (Å²) in [4.78, 5) is 16.9. The summed E-state index contributed by atoms with van der Waals surface area (Å²) >= 11 is 5.25. The third-order valence-electron chi connectivity index (χ3n) is 6.04. The highest BCUT2D eigenvalue weighted by atomic mass is 32.2. The standard InChI is InChI=1S/C24H22N3OS3/c1-3-26-22(28)21(24-25(2)15-9-4-6-12-18(15)30-24)31-23(26)17-11-8-14-20-27(17)16-10-5-7-13-19(16)29-20/h4-7,9-10,12-13H,3,8,11,14H2,1-2H3/q+1/b23-17+,24-21+. The molecule has 0 atom stereocenters. The van der Waals surface area contributed by atoms with E-state index in [1.54, 1.807) is 23.1 Å². The normalized spacial score (nSPS) is 19.1. The minimum absolute atomic E-state index is 0.129. The molecule has 0 unspecified atom stereocenters. The number of fused-ring (bicyclic) bond motifs is 4. The maximum absolute atomic E-state index is 13.6. The van der Waals surface area contributed by atoms with Crippen LogP contribution in [0.5, 0.6) is 0 Å². The molecule has 2 aliphatic heterocycles. The van der Waals surface area contributed by atoms with Gasteiger partial charge in [-0.05, 0) is 31.5 Å². The highest BCUT2D eigenvalue weighted by Crippen LogP contribution is 2.44. The number of thioether (sulfide) groups is 1. The first kappa shape index (κ1) is 19.3. The summed E-state index contributed by atoms with van der Waals surface area (Å²) in [5, 5.41) is 2.43. The Labute approximate surface area is 192 Å². The topological polar surface area (TPSA) is 29.1 Å². The predicted molar refractivity (Wildman–Crippen MR) is 131 cm³/mol. The first-order valence-corrected chi connectivity index (χ1v) is 13.0. The molecule has 0 N–H and O–H groups in total. The van der Waals surface area contributed by atoms with Crippen molar-refractivity contribution in [2.45, 2.75) is 37.6 Å². The number of thiazole rings is 2. The molecule has 0 fully saturated rings. The fraction of sp³-hybridized carbons (Fsp3) is 0.250. The Hall–Kier alpha value is -2.35. The Morgan fingerprint density at radius 2 is 1.84 bits per heavy atom. The Balaban J connectivity index is 1.67. The number of hydrogen-bond donors (Lipinski definition) is 0. The van der Waals surface area contributed by atoms with Crippen LogP contribution in [0.2, 0.25) is 0 Å². The van der Waals surface area contributed by atoms with Crippen molar-refractivity contribution in [1.82, 2.24) is 4.57 Å². The average Bonchev–Trinajstić information content (AvgIpc) is 3.44. The van der Waals surface area contributed by atoms with E-state index in [9.17, 15) is 4.79 Å². The third kappa shape index (κ3) is 2.87. The molecular formula is C24H22N3OS3+. The lowest BCUT2D eigenvalue weighted by Gasteiger charge is -2.11. The average molecular weight is 465 g/mol. The van der Waals surface area contributed by atoms with Crippen molar-refractivity contribution in [3.8, 4) is 0 Å². The summed E-state index contributed by atoms with van der Waals surface area (Å²) in [5.41, 5.74) is 3.84. The molecule has 0 saturated heterocycles. The predicted octanol–water partition coefficient (Wildman–Crippen LogP) is 3.73. The molecule has 4 nitrogen and oxygen atoms in total. The van der Waals surface area contributed by atoms with Gasteiger partial charge >= 0.3 is 0 Å². The molecule has 0 bridgehead atoms. The Morgan fingerprint density at radius 1 is 1.03 bits per heavy atom. The molecule has 0 radical (unpaired) electrons. The van der Waals surface area contributed by atoms with E-state index in [1.807, 2.05) is 15.9 Å². The van der Waals surface area contributed by atoms with E-state index in [-0.39, 0.29) is 5.56 Å². The van der Waals surface area contributed by atoms with Gasteiger partial charge in [-0.1, -0.05) is 47.4 Å². The van der Waals surface area contributed by atoms with Gasteiger partial charge in [0.2, 0.25) is 16.2 Å². The van der Waals surface area contributed by atoms with E-state index < -0.39 is 0 Å². The van der Waals surface area contributed by atoms with Gasteiger partial charge in [0.05, 0.1) is 5.69 Å². The van der Waals surface area contributed by atoms with E-state index in [4.69, 9.17) is 0 Å². The number of rotatable bonds is 1. The molecule has 2 aromatic heterocycles. The zero-order valence-corrected chi connectivity index (χ0v) is 19.9. The molecule has 6 rings (SSSR count). The van der Waals surface area contributed by atoms with Gasteiger partial charge in [-0.2, -0.15) is 0 Å². The van der Waals surface area contributed by atoms with Crippen LogP contribution in [0, 0.1) is 0 Å². The molecule has 2 aromatic carbocycles. The van der Waals surface area contributed by atoms with E-state index in [0.717, 1.165) is 33.5 Å². The quantitative estimate of drug-likeness (QED) is 0.402. The molecular weight excluding hydrogens is 442 g/mol. The fourth-order valence-electron chi connectivity index (χ4n) is 4.56. The highest BCUT2D eigenvalue weighted by molar-refractivity contribution is 8.08. The van der Waals surface area contributed by atoms with Gasteiger partial charge in [0.25, 0.3) is 5.56 Å². The van der Waals surface area contributed by atoms with Gasteiger partial charge in [-0.25, -0.2) is 0 Å². The summed E-state index contributed by atoms with van der Waals surface area (Å²) < 4.78 is 7.67. The number of para-hydroxylation sites is 2. The maximum Gasteiger partial charge on any atom is 0.271 e. The van der Waals surface area contributed by atoms with Crippen molar-refractivity contribution >= 4 is 61.1 Å². The van der Waals surface area contributed by atoms with Crippen molar-refractivity contribution in [2.24, 2.45) is 0 Å². The van der Waals surface area contributed by atoms with Gasteiger partial charge in [0, 0.05) is 37.4 Å². The number of nitrogens with zero attached hydrogens (tertiary/aromatic N) is 3. The third-order valence-corrected chi connectivity index (χ3v) is 9.81. The summed E-state index contributed by atoms with van der Waals surface area (Å²) in [7, 11) is 2.07. The second-order valence-electron chi connectivity index (χ2n) is 7.82. The van der Waals surface area contributed by atoms with Crippen LogP contribution in [0.1, 0.15) is 24.8 Å². The summed E-state index contributed by atoms with van der Waals surface area (Å²) in [6.07, 6.45) is 3.23. The van der Waals surface area contributed by atoms with Crippen molar-refractivity contribution < 1.29 is 4.57 Å². The van der Waals surface area contributed by atoms with Gasteiger partial charge in [0.15, 0.2) is 4.66 Å². The van der Waals surface area contributed by atoms with Crippen LogP contribution in [0.15, 0.2) is 58.2 Å². The van der Waals surface area contributed by atoms with E-state index in [0.29, 0.717) is 6.54 Å². The van der Waals surface area contributed by atoms with Crippen molar-refractivity contribution in [3.63, 3.8) is 0 Å². The van der Waals surface area contributed by atoms with Gasteiger partial charge in [-0.3, -0.25) is 9.36 Å². The second-order valence-corrected chi connectivity index (χ2v) is 11.0. The first-order valence-electron chi connectivity index (χ1n) is 10.6. The van der Waals surface area contributed by atoms with E-state index in [2.05, 4.69) is 72.0 Å². The molecule has 0 spiro atoms. The minimum atomic E-state index is 0.129. The molecule has 0 amide bonds. The molecule has 156 valence electrons. The molecule has 2 aliphatic rings. The van der Waals surface area contributed by atoms with Crippen LogP contribution >= 0.6 is 34.4 Å². The Kier molecular flexibility index (Phi) is 4.59. The highest BCUT2D eigenvalue weighted by Gasteiger charge is 2.31. The lowest BCUT2D eigenvalue weighted by atomic mass is 10.1. The summed E-state index contributed by atoms with van der Waals surface area (Å²) in [5.74, 6) is 0. The van der Waals surface area contributed by atoms with Crippen LogP contribution in [-0.4, -0.2) is 11.6 Å². The molecule has 31 heavy (non-hydrogen) atoms. The fourth-order valence-corrected chi connectivity index (χ4v) is 8.35. The number of benzene rings is 2. The monoisotopic (exact) mass is 464 g/mol. The second kappa shape index (κ2) is 7.36. The molecule has 0 aliphatic carbocycles.